The molecule has 3 heteroatoms. The summed E-state index contributed by atoms with van der Waals surface area (Å²) in [6.07, 6.45) is 2.20. The standard InChI is InChI=1S/C8H12N2O/c1-5(6(2)11)10-8(9)7-3-4-7/h7H,1,3-4H2,2H3,(H2,9,10). The number of carbonyl (C=O) groups excluding carboxylic acids is 1. The van der Waals surface area contributed by atoms with E-state index in [1.807, 2.05) is 0 Å². The van der Waals surface area contributed by atoms with Gasteiger partial charge in [-0.2, -0.15) is 0 Å². The lowest BCUT2D eigenvalue weighted by Gasteiger charge is -1.96. The van der Waals surface area contributed by atoms with Crippen molar-refractivity contribution < 1.29 is 4.79 Å². The summed E-state index contributed by atoms with van der Waals surface area (Å²) < 4.78 is 0. The lowest BCUT2D eigenvalue weighted by molar-refractivity contribution is -0.113. The van der Waals surface area contributed by atoms with Gasteiger partial charge in [-0.3, -0.25) is 4.79 Å². The van der Waals surface area contributed by atoms with Crippen LogP contribution >= 0.6 is 0 Å². The molecule has 2 N–H and O–H groups in total. The molecule has 60 valence electrons. The van der Waals surface area contributed by atoms with E-state index in [1.54, 1.807) is 0 Å². The van der Waals surface area contributed by atoms with Crippen molar-refractivity contribution in [1.82, 2.24) is 0 Å². The normalized spacial score (nSPS) is 18.1. The summed E-state index contributed by atoms with van der Waals surface area (Å²) in [5, 5.41) is 0. The molecule has 0 bridgehead atoms. The number of nitrogens with two attached hydrogens (primary N) is 1. The number of hydrogen-bond donors (Lipinski definition) is 1. The topological polar surface area (TPSA) is 55.4 Å². The number of ketones is 1. The summed E-state index contributed by atoms with van der Waals surface area (Å²) in [5.41, 5.74) is 5.81. The average Bonchev–Trinajstić information content (AvgIpc) is 2.67. The van der Waals surface area contributed by atoms with E-state index in [1.165, 1.54) is 6.92 Å². The first-order valence-electron chi connectivity index (χ1n) is 3.65. The molecular weight excluding hydrogens is 140 g/mol. The molecule has 0 aromatic carbocycles. The van der Waals surface area contributed by atoms with Gasteiger partial charge >= 0.3 is 0 Å². The smallest absolute Gasteiger partial charge is 0.177 e. The van der Waals surface area contributed by atoms with Gasteiger partial charge in [0.25, 0.3) is 0 Å². The van der Waals surface area contributed by atoms with Crippen LogP contribution < -0.4 is 5.73 Å². The third-order valence-electron chi connectivity index (χ3n) is 1.67. The molecule has 0 heterocycles. The molecule has 0 aromatic heterocycles. The maximum absolute atomic E-state index is 10.7. The minimum absolute atomic E-state index is 0.117. The van der Waals surface area contributed by atoms with Crippen LogP contribution in [0.25, 0.3) is 0 Å². The number of hydrogen-bond acceptors (Lipinski definition) is 2. The van der Waals surface area contributed by atoms with E-state index >= 15 is 0 Å². The molecule has 1 fully saturated rings. The van der Waals surface area contributed by atoms with Crippen molar-refractivity contribution in [2.45, 2.75) is 19.8 Å². The number of amidine groups is 1. The van der Waals surface area contributed by atoms with Crippen LogP contribution in [-0.4, -0.2) is 11.6 Å². The van der Waals surface area contributed by atoms with Gasteiger partial charge in [-0.1, -0.05) is 6.58 Å². The van der Waals surface area contributed by atoms with Gasteiger partial charge in [0.2, 0.25) is 0 Å². The summed E-state index contributed by atoms with van der Waals surface area (Å²) in [6.45, 7) is 4.92. The van der Waals surface area contributed by atoms with Gasteiger partial charge in [0.1, 0.15) is 11.5 Å². The average molecular weight is 152 g/mol. The van der Waals surface area contributed by atoms with Crippen LogP contribution in [0, 0.1) is 5.92 Å². The number of rotatable bonds is 3. The molecular formula is C8H12N2O. The van der Waals surface area contributed by atoms with E-state index in [0.29, 0.717) is 11.8 Å². The number of nitrogens with zero attached hydrogens (tertiary/aromatic N) is 1. The third-order valence-corrected chi connectivity index (χ3v) is 1.67. The zero-order valence-corrected chi connectivity index (χ0v) is 6.63. The van der Waals surface area contributed by atoms with E-state index in [2.05, 4.69) is 11.6 Å². The van der Waals surface area contributed by atoms with E-state index in [4.69, 9.17) is 5.73 Å². The second-order valence-electron chi connectivity index (χ2n) is 2.81. The molecule has 0 radical (unpaired) electrons. The second-order valence-corrected chi connectivity index (χ2v) is 2.81. The van der Waals surface area contributed by atoms with Gasteiger partial charge < -0.3 is 5.73 Å². The molecule has 1 rings (SSSR count). The Morgan fingerprint density at radius 3 is 2.55 bits per heavy atom. The molecule has 3 nitrogen and oxygen atoms in total. The molecule has 1 aliphatic rings. The largest absolute Gasteiger partial charge is 0.387 e. The van der Waals surface area contributed by atoms with Crippen molar-refractivity contribution in [3.05, 3.63) is 12.3 Å². The van der Waals surface area contributed by atoms with Crippen LogP contribution in [-0.2, 0) is 4.79 Å². The number of Topliss-reactive ketones (excluding diaryl/α,β-unsaturated/α-hetero) is 1. The van der Waals surface area contributed by atoms with Crippen molar-refractivity contribution in [2.24, 2.45) is 16.6 Å². The first kappa shape index (κ1) is 7.98. The summed E-state index contributed by atoms with van der Waals surface area (Å²) in [7, 11) is 0. The second kappa shape index (κ2) is 2.86. The lowest BCUT2D eigenvalue weighted by Crippen LogP contribution is -2.14. The molecule has 0 saturated heterocycles. The third kappa shape index (κ3) is 2.18. The minimum atomic E-state index is -0.117. The Balaban J connectivity index is 2.55. The first-order chi connectivity index (χ1) is 5.11. The zero-order chi connectivity index (χ0) is 8.43. The summed E-state index contributed by atoms with van der Waals surface area (Å²) in [4.78, 5) is 14.5. The highest BCUT2D eigenvalue weighted by molar-refractivity contribution is 5.96. The molecule has 0 amide bonds. The SMILES string of the molecule is C=C(N=C(N)C1CC1)C(C)=O. The van der Waals surface area contributed by atoms with Crippen molar-refractivity contribution in [3.8, 4) is 0 Å². The van der Waals surface area contributed by atoms with E-state index in [0.717, 1.165) is 12.8 Å². The molecule has 0 unspecified atom stereocenters. The highest BCUT2D eigenvalue weighted by Gasteiger charge is 2.25. The molecule has 0 aromatic rings. The molecule has 0 aliphatic heterocycles. The lowest BCUT2D eigenvalue weighted by atomic mass is 10.3. The maximum atomic E-state index is 10.7. The van der Waals surface area contributed by atoms with Crippen LogP contribution in [0.4, 0.5) is 0 Å². The van der Waals surface area contributed by atoms with Gasteiger partial charge in [0, 0.05) is 12.8 Å². The van der Waals surface area contributed by atoms with Gasteiger partial charge in [-0.25, -0.2) is 4.99 Å². The first-order valence-corrected chi connectivity index (χ1v) is 3.65. The van der Waals surface area contributed by atoms with Gasteiger partial charge in [0.15, 0.2) is 5.78 Å². The fourth-order valence-electron chi connectivity index (χ4n) is 0.705. The van der Waals surface area contributed by atoms with E-state index in [9.17, 15) is 4.79 Å². The molecule has 1 aliphatic carbocycles. The Bertz CT molecular complexity index is 226. The Kier molecular flexibility index (Phi) is 2.08. The summed E-state index contributed by atoms with van der Waals surface area (Å²) >= 11 is 0. The Hall–Kier alpha value is -1.12. The van der Waals surface area contributed by atoms with Crippen molar-refractivity contribution in [3.63, 3.8) is 0 Å². The molecule has 0 atom stereocenters. The van der Waals surface area contributed by atoms with Gasteiger partial charge in [0.05, 0.1) is 0 Å². The predicted octanol–water partition coefficient (Wildman–Crippen LogP) is 0.856. The predicted molar refractivity (Wildman–Crippen MR) is 44.2 cm³/mol. The van der Waals surface area contributed by atoms with Gasteiger partial charge in [-0.15, -0.1) is 0 Å². The van der Waals surface area contributed by atoms with Crippen molar-refractivity contribution in [2.75, 3.05) is 0 Å². The quantitative estimate of drug-likeness (QED) is 0.370. The number of allylic oxidation sites excluding steroid dienone is 1. The minimum Gasteiger partial charge on any atom is -0.387 e. The highest BCUT2D eigenvalue weighted by Crippen LogP contribution is 2.29. The van der Waals surface area contributed by atoms with Crippen LogP contribution in [0.3, 0.4) is 0 Å². The van der Waals surface area contributed by atoms with Crippen molar-refractivity contribution >= 4 is 11.6 Å². The molecule has 11 heavy (non-hydrogen) atoms. The van der Waals surface area contributed by atoms with Crippen LogP contribution in [0.2, 0.25) is 0 Å². The maximum Gasteiger partial charge on any atom is 0.177 e. The van der Waals surface area contributed by atoms with E-state index in [-0.39, 0.29) is 11.5 Å². The number of aliphatic imine (C=N–C) groups is 1. The zero-order valence-electron chi connectivity index (χ0n) is 6.63. The molecule has 1 saturated carbocycles. The Labute approximate surface area is 66.0 Å². The van der Waals surface area contributed by atoms with Crippen LogP contribution in [0.5, 0.6) is 0 Å². The Morgan fingerprint density at radius 1 is 1.64 bits per heavy atom. The Morgan fingerprint density at radius 2 is 2.18 bits per heavy atom. The number of carbonyl (C=O) groups is 1. The fourth-order valence-corrected chi connectivity index (χ4v) is 0.705. The van der Waals surface area contributed by atoms with E-state index < -0.39 is 0 Å². The summed E-state index contributed by atoms with van der Waals surface area (Å²) in [5.74, 6) is 0.852. The van der Waals surface area contributed by atoms with Crippen LogP contribution in [0.15, 0.2) is 17.3 Å². The van der Waals surface area contributed by atoms with Crippen LogP contribution in [0.1, 0.15) is 19.8 Å². The molecule has 0 spiro atoms. The fraction of sp³-hybridized carbons (Fsp3) is 0.500. The highest BCUT2D eigenvalue weighted by atomic mass is 16.1. The van der Waals surface area contributed by atoms with Gasteiger partial charge in [-0.05, 0) is 12.8 Å². The van der Waals surface area contributed by atoms with Crippen molar-refractivity contribution in [1.29, 1.82) is 0 Å². The monoisotopic (exact) mass is 152 g/mol. The summed E-state index contributed by atoms with van der Waals surface area (Å²) in [6, 6.07) is 0.